The Labute approximate surface area is 362 Å². The third-order valence-electron chi connectivity index (χ3n) is 18.9. The van der Waals surface area contributed by atoms with Gasteiger partial charge in [-0.3, -0.25) is 9.59 Å². The first-order valence-corrected chi connectivity index (χ1v) is 24.9. The van der Waals surface area contributed by atoms with Gasteiger partial charge in [-0.2, -0.15) is 30.4 Å². The number of halogens is 1. The number of aromatic nitrogens is 6. The molecular formula is C48H75BrN6O4. The Kier molecular flexibility index (Phi) is 12.5. The van der Waals surface area contributed by atoms with Crippen molar-refractivity contribution in [3.05, 3.63) is 23.8 Å². The monoisotopic (exact) mass is 879 g/mol. The topological polar surface area (TPSA) is 147 Å². The summed E-state index contributed by atoms with van der Waals surface area (Å²) in [4.78, 5) is 27.3. The molecule has 8 fully saturated rings. The Morgan fingerprint density at radius 1 is 0.661 bits per heavy atom. The SMILES string of the molecule is C[C@@]1(O)CC[C@H]2[C@H](CC[C@@H]3[C@@H]2CC[C@]2(C)[C@@H](C(=O)CBr)CC[C@@H]32)C1.Cc1cn[nH]n1.Cc1cnn(CC(=O)[C@H]2CC[C@H]3[C@@H]4CC[C@@H]5C[C@](C)(O)CC[C@@H]5[C@H]4CC[C@]23C)n1. The van der Waals surface area contributed by atoms with Crippen molar-refractivity contribution in [2.45, 2.75) is 175 Å². The number of Topliss-reactive ketones (excluding diaryl/α,β-unsaturated/α-hetero) is 2. The fourth-order valence-electron chi connectivity index (χ4n) is 16.3. The molecule has 0 unspecified atom stereocenters. The minimum atomic E-state index is -0.444. The lowest BCUT2D eigenvalue weighted by molar-refractivity contribution is -0.133. The van der Waals surface area contributed by atoms with E-state index in [0.717, 1.165) is 103 Å². The first-order valence-electron chi connectivity index (χ1n) is 23.8. The summed E-state index contributed by atoms with van der Waals surface area (Å²) in [6, 6.07) is 0. The number of aryl methyl sites for hydroxylation is 2. The van der Waals surface area contributed by atoms with Crippen molar-refractivity contribution in [3.8, 4) is 0 Å². The van der Waals surface area contributed by atoms with Crippen molar-refractivity contribution >= 4 is 27.5 Å². The van der Waals surface area contributed by atoms with Gasteiger partial charge in [-0.15, -0.1) is 0 Å². The second-order valence-electron chi connectivity index (χ2n) is 22.4. The number of fused-ring (bicyclic) bond motifs is 10. The molecule has 0 amide bonds. The number of carbonyl (C=O) groups excluding carboxylic acids is 2. The summed E-state index contributed by atoms with van der Waals surface area (Å²) in [5.41, 5.74) is 1.36. The number of alkyl halides is 1. The Hall–Kier alpha value is -1.98. The largest absolute Gasteiger partial charge is 0.390 e. The third-order valence-corrected chi connectivity index (χ3v) is 19.4. The molecule has 59 heavy (non-hydrogen) atoms. The van der Waals surface area contributed by atoms with Crippen LogP contribution in [0, 0.1) is 95.7 Å². The van der Waals surface area contributed by atoms with Gasteiger partial charge in [-0.05, 0) is 213 Å². The molecule has 2 aromatic heterocycles. The number of nitrogens with zero attached hydrogens (tertiary/aromatic N) is 5. The zero-order valence-electron chi connectivity index (χ0n) is 37.0. The molecule has 0 spiro atoms. The first-order chi connectivity index (χ1) is 28.0. The number of carbonyl (C=O) groups is 2. The highest BCUT2D eigenvalue weighted by molar-refractivity contribution is 9.09. The minimum absolute atomic E-state index is 0.160. The first kappa shape index (κ1) is 43.7. The van der Waals surface area contributed by atoms with Crippen LogP contribution < -0.4 is 0 Å². The maximum absolute atomic E-state index is 13.2. The van der Waals surface area contributed by atoms with E-state index in [0.29, 0.717) is 35.3 Å². The summed E-state index contributed by atoms with van der Waals surface area (Å²) in [7, 11) is 0. The number of hydrogen-bond acceptors (Lipinski definition) is 8. The lowest BCUT2D eigenvalue weighted by Crippen LogP contribution is -2.51. The van der Waals surface area contributed by atoms with Crippen LogP contribution in [0.4, 0.5) is 0 Å². The van der Waals surface area contributed by atoms with Crippen molar-refractivity contribution in [1.82, 2.24) is 30.4 Å². The number of rotatable bonds is 5. The molecule has 2 aromatic rings. The Bertz CT molecular complexity index is 1780. The summed E-state index contributed by atoms with van der Waals surface area (Å²) < 4.78 is 0. The zero-order valence-corrected chi connectivity index (χ0v) is 38.6. The van der Waals surface area contributed by atoms with Crippen molar-refractivity contribution in [2.75, 3.05) is 5.33 Å². The van der Waals surface area contributed by atoms with E-state index in [1.807, 2.05) is 27.7 Å². The third kappa shape index (κ3) is 8.58. The molecular weight excluding hydrogens is 804 g/mol. The van der Waals surface area contributed by atoms with E-state index in [2.05, 4.69) is 55.4 Å². The van der Waals surface area contributed by atoms with Gasteiger partial charge in [-0.25, -0.2) is 0 Å². The van der Waals surface area contributed by atoms with Crippen LogP contribution in [0.5, 0.6) is 0 Å². The number of H-pyrrole nitrogens is 1. The Morgan fingerprint density at radius 3 is 1.59 bits per heavy atom. The summed E-state index contributed by atoms with van der Waals surface area (Å²) in [6.07, 6.45) is 24.8. The highest BCUT2D eigenvalue weighted by Crippen LogP contribution is 2.66. The van der Waals surface area contributed by atoms with Crippen LogP contribution in [0.15, 0.2) is 12.4 Å². The van der Waals surface area contributed by atoms with Gasteiger partial charge >= 0.3 is 0 Å². The predicted molar refractivity (Wildman–Crippen MR) is 232 cm³/mol. The molecule has 16 atom stereocenters. The fourth-order valence-corrected chi connectivity index (χ4v) is 16.7. The van der Waals surface area contributed by atoms with Crippen molar-refractivity contribution < 1.29 is 19.8 Å². The summed E-state index contributed by atoms with van der Waals surface area (Å²) in [5.74, 6) is 9.19. The van der Waals surface area contributed by atoms with Crippen LogP contribution in [0.3, 0.4) is 0 Å². The van der Waals surface area contributed by atoms with Crippen molar-refractivity contribution in [3.63, 3.8) is 0 Å². The van der Waals surface area contributed by atoms with Crippen LogP contribution in [-0.4, -0.2) is 68.7 Å². The molecule has 3 N–H and O–H groups in total. The van der Waals surface area contributed by atoms with Gasteiger partial charge in [0.2, 0.25) is 0 Å². The Balaban J connectivity index is 0.000000146. The van der Waals surface area contributed by atoms with Crippen molar-refractivity contribution in [1.29, 1.82) is 0 Å². The lowest BCUT2D eigenvalue weighted by Gasteiger charge is -2.56. The molecule has 0 radical (unpaired) electrons. The number of aliphatic hydroxyl groups is 2. The van der Waals surface area contributed by atoms with Gasteiger partial charge in [0.15, 0.2) is 5.78 Å². The molecule has 0 saturated heterocycles. The molecule has 2 heterocycles. The van der Waals surface area contributed by atoms with Gasteiger partial charge in [0.1, 0.15) is 12.3 Å². The maximum Gasteiger partial charge on any atom is 0.159 e. The molecule has 0 aliphatic heterocycles. The number of hydrogen-bond donors (Lipinski definition) is 3. The van der Waals surface area contributed by atoms with E-state index < -0.39 is 11.2 Å². The van der Waals surface area contributed by atoms with E-state index >= 15 is 0 Å². The minimum Gasteiger partial charge on any atom is -0.390 e. The summed E-state index contributed by atoms with van der Waals surface area (Å²) >= 11 is 3.42. The second-order valence-corrected chi connectivity index (χ2v) is 23.0. The highest BCUT2D eigenvalue weighted by atomic mass is 79.9. The zero-order chi connectivity index (χ0) is 41.9. The van der Waals surface area contributed by atoms with E-state index in [-0.39, 0.29) is 16.7 Å². The molecule has 10 nitrogen and oxygen atoms in total. The smallest absolute Gasteiger partial charge is 0.159 e. The Morgan fingerprint density at radius 2 is 1.17 bits per heavy atom. The van der Waals surface area contributed by atoms with E-state index in [4.69, 9.17) is 0 Å². The van der Waals surface area contributed by atoms with E-state index in [9.17, 15) is 19.8 Å². The van der Waals surface area contributed by atoms with Crippen LogP contribution in [0.1, 0.15) is 155 Å². The standard InChI is InChI=1S/C24H37N3O2.C21H33BrO2.C3H5N3/c1-15-13-25-27(26-15)14-22(28)21-7-6-20-19-5-4-16-12-23(2,29)10-8-17(16)18(19)9-11-24(20,21)3;1-20(24)9-7-14-13(11-20)3-4-16-15(14)8-10-21(2)17(16)5-6-18(21)19(23)12-22;1-3-2-4-6-5-3/h13,16-21,29H,4-12,14H2,1-3H3;13-18,24H,3-12H2,1-2H3;2H,1H3,(H,4,5,6)/t16-,17+,18-,19-,20+,21-,23-,24+;13-,14+,15-,16-,17+,18-,20-,21+;/m11./s1. The number of nitrogens with one attached hydrogen (secondary N) is 1. The average Bonchev–Trinajstić information content (AvgIpc) is 4.00. The van der Waals surface area contributed by atoms with Gasteiger partial charge < -0.3 is 10.2 Å². The molecule has 8 saturated carbocycles. The molecule has 8 aliphatic carbocycles. The van der Waals surface area contributed by atoms with Crippen LogP contribution >= 0.6 is 15.9 Å². The van der Waals surface area contributed by atoms with Crippen LogP contribution in [0.25, 0.3) is 0 Å². The maximum atomic E-state index is 13.2. The van der Waals surface area contributed by atoms with Gasteiger partial charge in [0.05, 0.1) is 40.3 Å². The summed E-state index contributed by atoms with van der Waals surface area (Å²) in [5, 5.41) is 39.9. The van der Waals surface area contributed by atoms with Crippen molar-refractivity contribution in [2.24, 2.45) is 81.8 Å². The number of ketones is 2. The van der Waals surface area contributed by atoms with E-state index in [1.54, 1.807) is 17.2 Å². The highest BCUT2D eigenvalue weighted by Gasteiger charge is 2.60. The fraction of sp³-hybridized carbons (Fsp3) is 0.875. The van der Waals surface area contributed by atoms with Gasteiger partial charge in [0, 0.05) is 11.8 Å². The average molecular weight is 880 g/mol. The van der Waals surface area contributed by atoms with Crippen LogP contribution in [0.2, 0.25) is 0 Å². The quantitative estimate of drug-likeness (QED) is 0.252. The molecule has 328 valence electrons. The predicted octanol–water partition coefficient (Wildman–Crippen LogP) is 9.26. The number of aromatic amines is 1. The lowest BCUT2D eigenvalue weighted by atomic mass is 9.49. The summed E-state index contributed by atoms with van der Waals surface area (Å²) in [6.45, 7) is 13.1. The van der Waals surface area contributed by atoms with Crippen LogP contribution in [-0.2, 0) is 16.1 Å². The van der Waals surface area contributed by atoms with Gasteiger partial charge in [-0.1, -0.05) is 29.8 Å². The molecule has 10 rings (SSSR count). The molecule has 0 aromatic carbocycles. The molecule has 0 bridgehead atoms. The van der Waals surface area contributed by atoms with E-state index in [1.165, 1.54) is 77.0 Å². The second kappa shape index (κ2) is 17.0. The van der Waals surface area contributed by atoms with Gasteiger partial charge in [0.25, 0.3) is 0 Å². The molecule has 11 heteroatoms. The normalized spacial score (nSPS) is 45.7. The molecule has 8 aliphatic rings.